The zero-order chi connectivity index (χ0) is 16.1. The molecule has 1 aromatic heterocycles. The standard InChI is InChI=1S/C15H16N2O4S/c1-9-14(22-10(2)17-9)15(20)16-7-11-4-3-5-12(6-11)21-8-13(18)19/h3-6H,7-8H2,1-2H3,(H,16,20)(H,18,19). The molecule has 0 radical (unpaired) electrons. The molecule has 7 heteroatoms. The zero-order valence-electron chi connectivity index (χ0n) is 12.3. The molecule has 2 N–H and O–H groups in total. The van der Waals surface area contributed by atoms with Crippen molar-refractivity contribution in [2.24, 2.45) is 0 Å². The van der Waals surface area contributed by atoms with Gasteiger partial charge in [-0.05, 0) is 31.5 Å². The summed E-state index contributed by atoms with van der Waals surface area (Å²) < 4.78 is 5.10. The monoisotopic (exact) mass is 320 g/mol. The van der Waals surface area contributed by atoms with Crippen molar-refractivity contribution in [2.75, 3.05) is 6.61 Å². The lowest BCUT2D eigenvalue weighted by atomic mass is 10.2. The maximum atomic E-state index is 12.1. The van der Waals surface area contributed by atoms with Gasteiger partial charge in [0.2, 0.25) is 0 Å². The normalized spacial score (nSPS) is 10.3. The lowest BCUT2D eigenvalue weighted by Crippen LogP contribution is -2.22. The molecule has 0 bridgehead atoms. The third-order valence-corrected chi connectivity index (χ3v) is 3.90. The van der Waals surface area contributed by atoms with Crippen molar-refractivity contribution >= 4 is 23.2 Å². The van der Waals surface area contributed by atoms with Crippen LogP contribution in [-0.4, -0.2) is 28.6 Å². The number of thiazole rings is 1. The molecule has 0 spiro atoms. The maximum Gasteiger partial charge on any atom is 0.341 e. The largest absolute Gasteiger partial charge is 0.482 e. The highest BCUT2D eigenvalue weighted by atomic mass is 32.1. The van der Waals surface area contributed by atoms with Crippen LogP contribution in [0.2, 0.25) is 0 Å². The van der Waals surface area contributed by atoms with Gasteiger partial charge >= 0.3 is 5.97 Å². The van der Waals surface area contributed by atoms with Crippen molar-refractivity contribution in [3.8, 4) is 5.75 Å². The van der Waals surface area contributed by atoms with Crippen LogP contribution >= 0.6 is 11.3 Å². The Morgan fingerprint density at radius 3 is 2.77 bits per heavy atom. The van der Waals surface area contributed by atoms with Crippen LogP contribution < -0.4 is 10.1 Å². The summed E-state index contributed by atoms with van der Waals surface area (Å²) in [7, 11) is 0. The molecule has 6 nitrogen and oxygen atoms in total. The van der Waals surface area contributed by atoms with Crippen LogP contribution in [0.1, 0.15) is 25.9 Å². The molecule has 1 aromatic carbocycles. The third-order valence-electron chi connectivity index (χ3n) is 2.82. The predicted molar refractivity (Wildman–Crippen MR) is 82.3 cm³/mol. The minimum Gasteiger partial charge on any atom is -0.482 e. The quantitative estimate of drug-likeness (QED) is 0.851. The fraction of sp³-hybridized carbons (Fsp3) is 0.267. The van der Waals surface area contributed by atoms with Crippen LogP contribution in [0.3, 0.4) is 0 Å². The first-order valence-corrected chi connectivity index (χ1v) is 7.43. The molecule has 116 valence electrons. The number of carboxylic acids is 1. The lowest BCUT2D eigenvalue weighted by Gasteiger charge is -2.07. The van der Waals surface area contributed by atoms with Crippen LogP contribution in [0.25, 0.3) is 0 Å². The Morgan fingerprint density at radius 2 is 2.14 bits per heavy atom. The van der Waals surface area contributed by atoms with Gasteiger partial charge in [-0.25, -0.2) is 9.78 Å². The highest BCUT2D eigenvalue weighted by molar-refractivity contribution is 7.13. The van der Waals surface area contributed by atoms with Crippen LogP contribution in [-0.2, 0) is 11.3 Å². The third kappa shape index (κ3) is 4.29. The second-order valence-electron chi connectivity index (χ2n) is 4.66. The number of carboxylic acid groups (broad SMARTS) is 1. The average Bonchev–Trinajstić information content (AvgIpc) is 2.82. The fourth-order valence-corrected chi connectivity index (χ4v) is 2.73. The molecule has 0 fully saturated rings. The van der Waals surface area contributed by atoms with E-state index in [1.165, 1.54) is 11.3 Å². The Bertz CT molecular complexity index is 697. The van der Waals surface area contributed by atoms with E-state index in [-0.39, 0.29) is 5.91 Å². The Hall–Kier alpha value is -2.41. The van der Waals surface area contributed by atoms with E-state index in [2.05, 4.69) is 10.3 Å². The maximum absolute atomic E-state index is 12.1. The minimum absolute atomic E-state index is 0.167. The van der Waals surface area contributed by atoms with Crippen LogP contribution in [0.4, 0.5) is 0 Å². The van der Waals surface area contributed by atoms with E-state index in [0.29, 0.717) is 17.2 Å². The summed E-state index contributed by atoms with van der Waals surface area (Å²) in [5, 5.41) is 12.3. The minimum atomic E-state index is -1.03. The van der Waals surface area contributed by atoms with Gasteiger partial charge in [0.1, 0.15) is 10.6 Å². The molecule has 0 aliphatic heterocycles. The SMILES string of the molecule is Cc1nc(C)c(C(=O)NCc2cccc(OCC(=O)O)c2)s1. The first-order valence-electron chi connectivity index (χ1n) is 6.61. The Kier molecular flexibility index (Phi) is 5.11. The van der Waals surface area contributed by atoms with E-state index in [0.717, 1.165) is 16.3 Å². The van der Waals surface area contributed by atoms with Crippen molar-refractivity contribution in [2.45, 2.75) is 20.4 Å². The highest BCUT2D eigenvalue weighted by Gasteiger charge is 2.13. The summed E-state index contributed by atoms with van der Waals surface area (Å²) in [4.78, 5) is 27.4. The summed E-state index contributed by atoms with van der Waals surface area (Å²) in [6.07, 6.45) is 0. The molecule has 1 amide bonds. The van der Waals surface area contributed by atoms with Crippen molar-refractivity contribution < 1.29 is 19.4 Å². The first kappa shape index (κ1) is 16.0. The van der Waals surface area contributed by atoms with Crippen LogP contribution in [0.5, 0.6) is 5.75 Å². The Balaban J connectivity index is 1.96. The van der Waals surface area contributed by atoms with Gasteiger partial charge in [0, 0.05) is 6.54 Å². The molecule has 0 aliphatic carbocycles. The second-order valence-corrected chi connectivity index (χ2v) is 5.86. The number of rotatable bonds is 6. The molecule has 2 rings (SSSR count). The number of benzene rings is 1. The van der Waals surface area contributed by atoms with Crippen molar-refractivity contribution in [3.05, 3.63) is 45.4 Å². The smallest absolute Gasteiger partial charge is 0.341 e. The number of aryl methyl sites for hydroxylation is 2. The van der Waals surface area contributed by atoms with Gasteiger partial charge in [0.05, 0.1) is 10.7 Å². The number of aliphatic carboxylic acids is 1. The van der Waals surface area contributed by atoms with Gasteiger partial charge in [-0.1, -0.05) is 12.1 Å². The predicted octanol–water partition coefficient (Wildman–Crippen LogP) is 2.15. The van der Waals surface area contributed by atoms with Crippen molar-refractivity contribution in [1.29, 1.82) is 0 Å². The van der Waals surface area contributed by atoms with E-state index < -0.39 is 12.6 Å². The highest BCUT2D eigenvalue weighted by Crippen LogP contribution is 2.17. The summed E-state index contributed by atoms with van der Waals surface area (Å²) in [5.74, 6) is -0.742. The topological polar surface area (TPSA) is 88.5 Å². The summed E-state index contributed by atoms with van der Waals surface area (Å²) in [6.45, 7) is 3.60. The summed E-state index contributed by atoms with van der Waals surface area (Å²) >= 11 is 1.36. The summed E-state index contributed by atoms with van der Waals surface area (Å²) in [5.41, 5.74) is 1.55. The van der Waals surface area contributed by atoms with Crippen LogP contribution in [0.15, 0.2) is 24.3 Å². The molecule has 0 unspecified atom stereocenters. The number of carbonyl (C=O) groups is 2. The molecule has 1 heterocycles. The number of nitrogens with zero attached hydrogens (tertiary/aromatic N) is 1. The number of hydrogen-bond donors (Lipinski definition) is 2. The first-order chi connectivity index (χ1) is 10.5. The van der Waals surface area contributed by atoms with Gasteiger partial charge < -0.3 is 15.2 Å². The molecule has 0 atom stereocenters. The van der Waals surface area contributed by atoms with Gasteiger partial charge in [0.15, 0.2) is 6.61 Å². The van der Waals surface area contributed by atoms with E-state index in [1.54, 1.807) is 25.1 Å². The van der Waals surface area contributed by atoms with E-state index in [9.17, 15) is 9.59 Å². The Labute approximate surface area is 131 Å². The molecule has 0 aliphatic rings. The molecule has 0 saturated heterocycles. The lowest BCUT2D eigenvalue weighted by molar-refractivity contribution is -0.139. The van der Waals surface area contributed by atoms with E-state index >= 15 is 0 Å². The molecular formula is C15H16N2O4S. The van der Waals surface area contributed by atoms with Gasteiger partial charge in [-0.3, -0.25) is 4.79 Å². The average molecular weight is 320 g/mol. The van der Waals surface area contributed by atoms with Crippen molar-refractivity contribution in [3.63, 3.8) is 0 Å². The molecular weight excluding hydrogens is 304 g/mol. The van der Waals surface area contributed by atoms with Gasteiger partial charge in [0.25, 0.3) is 5.91 Å². The number of hydrogen-bond acceptors (Lipinski definition) is 5. The van der Waals surface area contributed by atoms with Gasteiger partial charge in [-0.2, -0.15) is 0 Å². The van der Waals surface area contributed by atoms with Crippen molar-refractivity contribution in [1.82, 2.24) is 10.3 Å². The number of aromatic nitrogens is 1. The van der Waals surface area contributed by atoms with Gasteiger partial charge in [-0.15, -0.1) is 11.3 Å². The number of amides is 1. The van der Waals surface area contributed by atoms with E-state index in [4.69, 9.17) is 9.84 Å². The zero-order valence-corrected chi connectivity index (χ0v) is 13.1. The fourth-order valence-electron chi connectivity index (χ4n) is 1.89. The molecule has 22 heavy (non-hydrogen) atoms. The Morgan fingerprint density at radius 1 is 1.36 bits per heavy atom. The molecule has 2 aromatic rings. The summed E-state index contributed by atoms with van der Waals surface area (Å²) in [6, 6.07) is 6.96. The number of nitrogens with one attached hydrogen (secondary N) is 1. The van der Waals surface area contributed by atoms with Crippen LogP contribution in [0, 0.1) is 13.8 Å². The van der Waals surface area contributed by atoms with E-state index in [1.807, 2.05) is 13.0 Å². The number of carbonyl (C=O) groups excluding carboxylic acids is 1. The molecule has 0 saturated carbocycles. The second kappa shape index (κ2) is 7.04. The number of ether oxygens (including phenoxy) is 1.